The number of rotatable bonds is 5. The van der Waals surface area contributed by atoms with Crippen LogP contribution in [0.5, 0.6) is 0 Å². The molecule has 0 aromatic carbocycles. The average Bonchev–Trinajstić information content (AvgIpc) is 2.56. The summed E-state index contributed by atoms with van der Waals surface area (Å²) >= 11 is 0. The number of aliphatic hydroxyl groups excluding tert-OH is 1. The van der Waals surface area contributed by atoms with E-state index in [1.165, 1.54) is 0 Å². The third-order valence-electron chi connectivity index (χ3n) is 5.42. The molecular formula is C18H32N4O2. The van der Waals surface area contributed by atoms with Crippen molar-refractivity contribution in [1.29, 1.82) is 5.26 Å². The summed E-state index contributed by atoms with van der Waals surface area (Å²) in [5, 5.41) is 18.9. The number of nitrogens with zero attached hydrogens (tertiary/aromatic N) is 4. The van der Waals surface area contributed by atoms with Crippen LogP contribution in [0.1, 0.15) is 33.6 Å². The second-order valence-electron chi connectivity index (χ2n) is 8.02. The Morgan fingerprint density at radius 2 is 1.92 bits per heavy atom. The van der Waals surface area contributed by atoms with Gasteiger partial charge in [-0.3, -0.25) is 14.6 Å². The predicted molar refractivity (Wildman–Crippen MR) is 93.3 cm³/mol. The molecule has 0 spiro atoms. The van der Waals surface area contributed by atoms with Gasteiger partial charge < -0.3 is 10.0 Å². The second-order valence-corrected chi connectivity index (χ2v) is 8.02. The van der Waals surface area contributed by atoms with E-state index in [4.69, 9.17) is 0 Å². The van der Waals surface area contributed by atoms with Gasteiger partial charge in [-0.1, -0.05) is 20.8 Å². The van der Waals surface area contributed by atoms with Crippen molar-refractivity contribution in [1.82, 2.24) is 14.7 Å². The molecule has 0 aromatic rings. The molecule has 0 aliphatic carbocycles. The predicted octanol–water partition coefficient (Wildman–Crippen LogP) is 0.773. The Morgan fingerprint density at radius 1 is 1.25 bits per heavy atom. The molecule has 0 unspecified atom stereocenters. The first-order valence-electron chi connectivity index (χ1n) is 9.13. The minimum atomic E-state index is -0.0749. The van der Waals surface area contributed by atoms with Crippen molar-refractivity contribution in [2.45, 2.75) is 39.7 Å². The van der Waals surface area contributed by atoms with Gasteiger partial charge >= 0.3 is 0 Å². The Balaban J connectivity index is 1.82. The minimum absolute atomic E-state index is 0.0605. The molecule has 2 aliphatic rings. The van der Waals surface area contributed by atoms with Gasteiger partial charge in [-0.25, -0.2) is 0 Å². The Kier molecular flexibility index (Phi) is 6.62. The Labute approximate surface area is 146 Å². The van der Waals surface area contributed by atoms with Crippen molar-refractivity contribution in [3.05, 3.63) is 0 Å². The van der Waals surface area contributed by atoms with E-state index in [1.807, 2.05) is 4.90 Å². The summed E-state index contributed by atoms with van der Waals surface area (Å²) in [7, 11) is 0. The maximum atomic E-state index is 12.6. The SMILES string of the molecule is CC(C)[C@H](C#N)N1CCN(C(=O)CN2CCC[C@](C)(CO)C2)CC1. The topological polar surface area (TPSA) is 70.8 Å². The van der Waals surface area contributed by atoms with Gasteiger partial charge in [0, 0.05) is 44.7 Å². The zero-order valence-electron chi connectivity index (χ0n) is 15.4. The molecule has 136 valence electrons. The highest BCUT2D eigenvalue weighted by atomic mass is 16.3. The molecule has 2 heterocycles. The van der Waals surface area contributed by atoms with Gasteiger partial charge in [0.05, 0.1) is 12.6 Å². The third kappa shape index (κ3) is 4.69. The lowest BCUT2D eigenvalue weighted by Crippen LogP contribution is -2.55. The van der Waals surface area contributed by atoms with Crippen molar-refractivity contribution < 1.29 is 9.90 Å². The van der Waals surface area contributed by atoms with E-state index in [0.29, 0.717) is 25.6 Å². The number of likely N-dealkylation sites (tertiary alicyclic amines) is 1. The van der Waals surface area contributed by atoms with Crippen molar-refractivity contribution in [2.75, 3.05) is 52.4 Å². The van der Waals surface area contributed by atoms with E-state index in [9.17, 15) is 15.2 Å². The van der Waals surface area contributed by atoms with Crippen LogP contribution in [0.15, 0.2) is 0 Å². The van der Waals surface area contributed by atoms with E-state index in [1.54, 1.807) is 0 Å². The molecule has 6 nitrogen and oxygen atoms in total. The van der Waals surface area contributed by atoms with Gasteiger partial charge in [-0.15, -0.1) is 0 Å². The quantitative estimate of drug-likeness (QED) is 0.803. The standard InChI is InChI=1S/C18H32N4O2/c1-15(2)16(11-19)21-7-9-22(10-8-21)17(24)12-20-6-4-5-18(3,13-20)14-23/h15-16,23H,4-10,12-14H2,1-3H3/t16-,18-/m0/s1. The van der Waals surface area contributed by atoms with Crippen LogP contribution in [-0.4, -0.2) is 84.2 Å². The lowest BCUT2D eigenvalue weighted by atomic mass is 9.83. The molecule has 2 rings (SSSR count). The van der Waals surface area contributed by atoms with Crippen molar-refractivity contribution in [2.24, 2.45) is 11.3 Å². The number of hydrogen-bond donors (Lipinski definition) is 1. The molecule has 0 radical (unpaired) electrons. The van der Waals surface area contributed by atoms with Crippen LogP contribution in [0.2, 0.25) is 0 Å². The van der Waals surface area contributed by atoms with Gasteiger partial charge in [0.25, 0.3) is 0 Å². The lowest BCUT2D eigenvalue weighted by molar-refractivity contribution is -0.135. The molecule has 0 bridgehead atoms. The summed E-state index contributed by atoms with van der Waals surface area (Å²) in [6.07, 6.45) is 2.06. The van der Waals surface area contributed by atoms with Crippen LogP contribution in [0, 0.1) is 22.7 Å². The van der Waals surface area contributed by atoms with Gasteiger partial charge in [0.15, 0.2) is 0 Å². The molecule has 6 heteroatoms. The molecule has 2 fully saturated rings. The summed E-state index contributed by atoms with van der Waals surface area (Å²) < 4.78 is 0. The number of piperidine rings is 1. The summed E-state index contributed by atoms with van der Waals surface area (Å²) in [6.45, 7) is 11.5. The van der Waals surface area contributed by atoms with E-state index in [2.05, 4.69) is 36.6 Å². The maximum Gasteiger partial charge on any atom is 0.236 e. The molecule has 2 atom stereocenters. The number of aliphatic hydroxyl groups is 1. The van der Waals surface area contributed by atoms with E-state index in [0.717, 1.165) is 39.0 Å². The van der Waals surface area contributed by atoms with Gasteiger partial charge in [0.1, 0.15) is 6.04 Å². The number of piperazine rings is 1. The highest BCUT2D eigenvalue weighted by Gasteiger charge is 2.33. The lowest BCUT2D eigenvalue weighted by Gasteiger charge is -2.41. The molecular weight excluding hydrogens is 304 g/mol. The molecule has 1 amide bonds. The largest absolute Gasteiger partial charge is 0.396 e. The fourth-order valence-electron chi connectivity index (χ4n) is 3.88. The van der Waals surface area contributed by atoms with Gasteiger partial charge in [0.2, 0.25) is 5.91 Å². The van der Waals surface area contributed by atoms with Crippen LogP contribution in [0.25, 0.3) is 0 Å². The summed E-state index contributed by atoms with van der Waals surface area (Å²) in [4.78, 5) is 18.9. The summed E-state index contributed by atoms with van der Waals surface area (Å²) in [6, 6.07) is 2.33. The van der Waals surface area contributed by atoms with Crippen LogP contribution in [-0.2, 0) is 4.79 Å². The first-order chi connectivity index (χ1) is 11.4. The van der Waals surface area contributed by atoms with Crippen molar-refractivity contribution >= 4 is 5.91 Å². The minimum Gasteiger partial charge on any atom is -0.396 e. The smallest absolute Gasteiger partial charge is 0.236 e. The zero-order chi connectivity index (χ0) is 17.7. The first kappa shape index (κ1) is 19.2. The normalized spacial score (nSPS) is 27.9. The number of carbonyl (C=O) groups is 1. The molecule has 24 heavy (non-hydrogen) atoms. The molecule has 1 N–H and O–H groups in total. The summed E-state index contributed by atoms with van der Waals surface area (Å²) in [5.74, 6) is 0.483. The van der Waals surface area contributed by atoms with Crippen molar-refractivity contribution in [3.63, 3.8) is 0 Å². The molecule has 0 saturated carbocycles. The Hall–Kier alpha value is -1.16. The van der Waals surface area contributed by atoms with Gasteiger partial charge in [-0.05, 0) is 25.3 Å². The van der Waals surface area contributed by atoms with E-state index in [-0.39, 0.29) is 24.0 Å². The Morgan fingerprint density at radius 3 is 2.46 bits per heavy atom. The van der Waals surface area contributed by atoms with Crippen LogP contribution < -0.4 is 0 Å². The van der Waals surface area contributed by atoms with E-state index < -0.39 is 0 Å². The van der Waals surface area contributed by atoms with Crippen LogP contribution in [0.3, 0.4) is 0 Å². The number of amides is 1. The maximum absolute atomic E-state index is 12.6. The number of hydrogen-bond acceptors (Lipinski definition) is 5. The second kappa shape index (κ2) is 8.28. The Bertz CT molecular complexity index is 468. The highest BCUT2D eigenvalue weighted by molar-refractivity contribution is 5.78. The number of carbonyl (C=O) groups excluding carboxylic acids is 1. The molecule has 2 aliphatic heterocycles. The van der Waals surface area contributed by atoms with Crippen molar-refractivity contribution in [3.8, 4) is 6.07 Å². The summed E-state index contributed by atoms with van der Waals surface area (Å²) in [5.41, 5.74) is -0.0749. The highest BCUT2D eigenvalue weighted by Crippen LogP contribution is 2.28. The first-order valence-corrected chi connectivity index (χ1v) is 9.13. The average molecular weight is 336 g/mol. The van der Waals surface area contributed by atoms with E-state index >= 15 is 0 Å². The monoisotopic (exact) mass is 336 g/mol. The molecule has 0 aromatic heterocycles. The number of nitriles is 1. The zero-order valence-corrected chi connectivity index (χ0v) is 15.4. The van der Waals surface area contributed by atoms with Gasteiger partial charge in [-0.2, -0.15) is 5.26 Å². The fraction of sp³-hybridized carbons (Fsp3) is 0.889. The van der Waals surface area contributed by atoms with Crippen LogP contribution >= 0.6 is 0 Å². The third-order valence-corrected chi connectivity index (χ3v) is 5.42. The fourth-order valence-corrected chi connectivity index (χ4v) is 3.88. The molecule has 2 saturated heterocycles. The van der Waals surface area contributed by atoms with Crippen LogP contribution in [0.4, 0.5) is 0 Å².